The Bertz CT molecular complexity index is 561. The van der Waals surface area contributed by atoms with Crippen LogP contribution in [0, 0.1) is 11.8 Å². The third-order valence-corrected chi connectivity index (χ3v) is 4.42. The van der Waals surface area contributed by atoms with Crippen molar-refractivity contribution in [2.45, 2.75) is 38.7 Å². The summed E-state index contributed by atoms with van der Waals surface area (Å²) in [5, 5.41) is 11.8. The van der Waals surface area contributed by atoms with Gasteiger partial charge < -0.3 is 5.11 Å². The van der Waals surface area contributed by atoms with Crippen molar-refractivity contribution in [3.63, 3.8) is 0 Å². The first-order valence-electron chi connectivity index (χ1n) is 7.27. The summed E-state index contributed by atoms with van der Waals surface area (Å²) in [6, 6.07) is 10.1. The van der Waals surface area contributed by atoms with Gasteiger partial charge in [-0.15, -0.1) is 0 Å². The Balaban J connectivity index is 1.95. The maximum absolute atomic E-state index is 10.7. The third kappa shape index (κ3) is 2.50. The van der Waals surface area contributed by atoms with Crippen molar-refractivity contribution in [1.82, 2.24) is 4.98 Å². The molecule has 3 rings (SSSR count). The highest BCUT2D eigenvalue weighted by Gasteiger charge is 2.27. The molecule has 3 atom stereocenters. The second kappa shape index (κ2) is 5.30. The topological polar surface area (TPSA) is 33.1 Å². The van der Waals surface area contributed by atoms with Gasteiger partial charge in [0.1, 0.15) is 0 Å². The first-order chi connectivity index (χ1) is 9.25. The zero-order chi connectivity index (χ0) is 13.2. The SMILES string of the molecule is CC1CCCC(C(O)c2cccc3ncccc23)C1. The highest BCUT2D eigenvalue weighted by atomic mass is 16.3. The minimum Gasteiger partial charge on any atom is -0.388 e. The Morgan fingerprint density at radius 3 is 2.95 bits per heavy atom. The van der Waals surface area contributed by atoms with E-state index in [9.17, 15) is 5.11 Å². The van der Waals surface area contributed by atoms with Gasteiger partial charge in [-0.25, -0.2) is 0 Å². The van der Waals surface area contributed by atoms with Gasteiger partial charge >= 0.3 is 0 Å². The lowest BCUT2D eigenvalue weighted by Gasteiger charge is -2.31. The number of hydrogen-bond donors (Lipinski definition) is 1. The van der Waals surface area contributed by atoms with E-state index in [4.69, 9.17) is 0 Å². The average molecular weight is 255 g/mol. The number of benzene rings is 1. The largest absolute Gasteiger partial charge is 0.388 e. The summed E-state index contributed by atoms with van der Waals surface area (Å²) in [4.78, 5) is 4.37. The Hall–Kier alpha value is -1.41. The summed E-state index contributed by atoms with van der Waals surface area (Å²) in [5.41, 5.74) is 2.02. The summed E-state index contributed by atoms with van der Waals surface area (Å²) in [7, 11) is 0. The van der Waals surface area contributed by atoms with Crippen LogP contribution in [-0.2, 0) is 0 Å². The second-order valence-electron chi connectivity index (χ2n) is 5.89. The maximum atomic E-state index is 10.7. The molecule has 2 aromatic rings. The minimum absolute atomic E-state index is 0.351. The van der Waals surface area contributed by atoms with Crippen LogP contribution in [0.3, 0.4) is 0 Å². The number of hydrogen-bond acceptors (Lipinski definition) is 2. The summed E-state index contributed by atoms with van der Waals surface area (Å²) in [6.45, 7) is 2.30. The molecule has 1 aliphatic carbocycles. The first kappa shape index (κ1) is 12.6. The van der Waals surface area contributed by atoms with Crippen molar-refractivity contribution in [3.8, 4) is 0 Å². The van der Waals surface area contributed by atoms with E-state index in [1.54, 1.807) is 6.20 Å². The van der Waals surface area contributed by atoms with Crippen molar-refractivity contribution < 1.29 is 5.11 Å². The van der Waals surface area contributed by atoms with Crippen molar-refractivity contribution >= 4 is 10.9 Å². The Morgan fingerprint density at radius 2 is 2.11 bits per heavy atom. The van der Waals surface area contributed by atoms with Crippen LogP contribution in [0.5, 0.6) is 0 Å². The zero-order valence-corrected chi connectivity index (χ0v) is 11.4. The van der Waals surface area contributed by atoms with E-state index in [2.05, 4.69) is 18.0 Å². The lowest BCUT2D eigenvalue weighted by atomic mass is 9.77. The van der Waals surface area contributed by atoms with E-state index < -0.39 is 0 Å². The molecule has 1 aromatic heterocycles. The molecule has 1 saturated carbocycles. The molecular weight excluding hydrogens is 234 g/mol. The molecule has 2 nitrogen and oxygen atoms in total. The monoisotopic (exact) mass is 255 g/mol. The van der Waals surface area contributed by atoms with Gasteiger partial charge in [-0.2, -0.15) is 0 Å². The summed E-state index contributed by atoms with van der Waals surface area (Å²) in [6.07, 6.45) is 6.28. The number of aliphatic hydroxyl groups excluding tert-OH is 1. The van der Waals surface area contributed by atoms with Crippen molar-refractivity contribution in [2.75, 3.05) is 0 Å². The molecule has 19 heavy (non-hydrogen) atoms. The molecule has 100 valence electrons. The van der Waals surface area contributed by atoms with E-state index in [0.29, 0.717) is 5.92 Å². The highest BCUT2D eigenvalue weighted by Crippen LogP contribution is 2.38. The van der Waals surface area contributed by atoms with Crippen LogP contribution in [0.25, 0.3) is 10.9 Å². The first-order valence-corrected chi connectivity index (χ1v) is 7.27. The van der Waals surface area contributed by atoms with Gasteiger partial charge in [0, 0.05) is 11.6 Å². The Morgan fingerprint density at radius 1 is 1.21 bits per heavy atom. The number of fused-ring (bicyclic) bond motifs is 1. The molecule has 0 saturated heterocycles. The van der Waals surface area contributed by atoms with Crippen LogP contribution in [0.2, 0.25) is 0 Å². The molecule has 2 heteroatoms. The number of aliphatic hydroxyl groups is 1. The molecule has 1 N–H and O–H groups in total. The molecule has 3 unspecified atom stereocenters. The van der Waals surface area contributed by atoms with Crippen LogP contribution < -0.4 is 0 Å². The molecule has 1 heterocycles. The maximum Gasteiger partial charge on any atom is 0.0824 e. The van der Waals surface area contributed by atoms with Crippen LogP contribution in [0.1, 0.15) is 44.3 Å². The Labute approximate surface area is 114 Å². The van der Waals surface area contributed by atoms with Crippen molar-refractivity contribution in [1.29, 1.82) is 0 Å². The van der Waals surface area contributed by atoms with Gasteiger partial charge in [-0.3, -0.25) is 4.98 Å². The Kier molecular flexibility index (Phi) is 3.52. The predicted molar refractivity (Wildman–Crippen MR) is 77.8 cm³/mol. The normalized spacial score (nSPS) is 25.4. The van der Waals surface area contributed by atoms with E-state index >= 15 is 0 Å². The molecule has 1 aromatic carbocycles. The van der Waals surface area contributed by atoms with E-state index in [1.807, 2.05) is 24.3 Å². The third-order valence-electron chi connectivity index (χ3n) is 4.42. The van der Waals surface area contributed by atoms with Gasteiger partial charge in [-0.1, -0.05) is 38.0 Å². The van der Waals surface area contributed by atoms with E-state index in [-0.39, 0.29) is 6.10 Å². The fourth-order valence-electron chi connectivity index (χ4n) is 3.41. The summed E-state index contributed by atoms with van der Waals surface area (Å²) < 4.78 is 0. The molecule has 1 aliphatic rings. The number of pyridine rings is 1. The van der Waals surface area contributed by atoms with Crippen LogP contribution in [-0.4, -0.2) is 10.1 Å². The molecule has 1 fully saturated rings. The van der Waals surface area contributed by atoms with Crippen LogP contribution in [0.15, 0.2) is 36.5 Å². The van der Waals surface area contributed by atoms with E-state index in [0.717, 1.165) is 35.2 Å². The summed E-state index contributed by atoms with van der Waals surface area (Å²) in [5.74, 6) is 1.14. The van der Waals surface area contributed by atoms with Gasteiger partial charge in [0.15, 0.2) is 0 Å². The average Bonchev–Trinajstić information content (AvgIpc) is 2.46. The smallest absolute Gasteiger partial charge is 0.0824 e. The van der Waals surface area contributed by atoms with Crippen LogP contribution in [0.4, 0.5) is 0 Å². The van der Waals surface area contributed by atoms with E-state index in [1.165, 1.54) is 12.8 Å². The lowest BCUT2D eigenvalue weighted by molar-refractivity contribution is 0.0725. The number of aromatic nitrogens is 1. The lowest BCUT2D eigenvalue weighted by Crippen LogP contribution is -2.20. The molecule has 0 spiro atoms. The van der Waals surface area contributed by atoms with Gasteiger partial charge in [0.05, 0.1) is 11.6 Å². The molecular formula is C17H21NO. The summed E-state index contributed by atoms with van der Waals surface area (Å²) >= 11 is 0. The van der Waals surface area contributed by atoms with Crippen molar-refractivity contribution in [3.05, 3.63) is 42.1 Å². The predicted octanol–water partition coefficient (Wildman–Crippen LogP) is 4.09. The minimum atomic E-state index is -0.351. The standard InChI is InChI=1S/C17H21NO/c1-12-5-2-6-13(11-12)17(19)15-7-3-9-16-14(15)8-4-10-18-16/h3-4,7-10,12-13,17,19H,2,5-6,11H2,1H3. The van der Waals surface area contributed by atoms with Gasteiger partial charge in [-0.05, 0) is 42.4 Å². The second-order valence-corrected chi connectivity index (χ2v) is 5.89. The molecule has 0 amide bonds. The molecule has 0 radical (unpaired) electrons. The zero-order valence-electron chi connectivity index (χ0n) is 11.4. The number of nitrogens with zero attached hydrogens (tertiary/aromatic N) is 1. The fourth-order valence-corrected chi connectivity index (χ4v) is 3.41. The fraction of sp³-hybridized carbons (Fsp3) is 0.471. The molecule has 0 bridgehead atoms. The quantitative estimate of drug-likeness (QED) is 0.876. The number of rotatable bonds is 2. The van der Waals surface area contributed by atoms with Gasteiger partial charge in [0.2, 0.25) is 0 Å². The highest BCUT2D eigenvalue weighted by molar-refractivity contribution is 5.82. The van der Waals surface area contributed by atoms with Crippen molar-refractivity contribution in [2.24, 2.45) is 11.8 Å². The van der Waals surface area contributed by atoms with Crippen LogP contribution >= 0.6 is 0 Å². The molecule has 0 aliphatic heterocycles. The van der Waals surface area contributed by atoms with Gasteiger partial charge in [0.25, 0.3) is 0 Å².